The maximum absolute atomic E-state index is 12.0. The normalized spacial score (nSPS) is 11.5. The van der Waals surface area contributed by atoms with Gasteiger partial charge in [-0.05, 0) is 24.1 Å². The number of carboxylic acid groups (broad SMARTS) is 1. The third-order valence-corrected chi connectivity index (χ3v) is 3.47. The molecule has 7 heteroatoms. The molecule has 7 nitrogen and oxygen atoms in total. The minimum Gasteiger partial charge on any atom is -0.481 e. The monoisotopic (exact) mass is 328 g/mol. The Morgan fingerprint density at radius 1 is 1.08 bits per heavy atom. The van der Waals surface area contributed by atoms with E-state index in [-0.39, 0.29) is 18.5 Å². The molecular weight excluding hydrogens is 312 g/mol. The van der Waals surface area contributed by atoms with Crippen molar-refractivity contribution in [2.24, 2.45) is 5.92 Å². The van der Waals surface area contributed by atoms with Gasteiger partial charge in [-0.1, -0.05) is 30.3 Å². The number of amides is 1. The van der Waals surface area contributed by atoms with Crippen molar-refractivity contribution in [1.29, 1.82) is 0 Å². The molecule has 0 unspecified atom stereocenters. The fraction of sp³-hybridized carbons (Fsp3) is 0.176. The molecule has 24 heavy (non-hydrogen) atoms. The summed E-state index contributed by atoms with van der Waals surface area (Å²) in [6, 6.07) is 14.4. The van der Waals surface area contributed by atoms with Gasteiger partial charge in [-0.25, -0.2) is 0 Å². The van der Waals surface area contributed by atoms with Crippen LogP contribution in [0.4, 0.5) is 11.4 Å². The molecule has 0 fully saturated rings. The molecule has 0 saturated carbocycles. The van der Waals surface area contributed by atoms with E-state index in [4.69, 9.17) is 0 Å². The van der Waals surface area contributed by atoms with E-state index in [1.54, 1.807) is 0 Å². The molecule has 2 aromatic rings. The number of non-ortho nitro benzene ring substituents is 1. The molecule has 0 spiro atoms. The van der Waals surface area contributed by atoms with Crippen molar-refractivity contribution >= 4 is 23.3 Å². The number of nitrogens with one attached hydrogen (secondary N) is 1. The smallest absolute Gasteiger partial charge is 0.307 e. The molecule has 2 N–H and O–H groups in total. The van der Waals surface area contributed by atoms with E-state index in [1.807, 2.05) is 30.3 Å². The predicted octanol–water partition coefficient (Wildman–Crippen LogP) is 2.87. The molecule has 1 amide bonds. The maximum Gasteiger partial charge on any atom is 0.307 e. The van der Waals surface area contributed by atoms with Crippen molar-refractivity contribution in [3.8, 4) is 0 Å². The minimum absolute atomic E-state index is 0.0829. The number of hydrogen-bond acceptors (Lipinski definition) is 4. The SMILES string of the molecule is O=C(C[C@@H](Cc1ccccc1)C(=O)O)Nc1ccc([N+](=O)[O-])cc1. The number of nitro groups is 1. The lowest BCUT2D eigenvalue weighted by atomic mass is 9.96. The summed E-state index contributed by atoms with van der Waals surface area (Å²) in [7, 11) is 0. The van der Waals surface area contributed by atoms with Crippen LogP contribution < -0.4 is 5.32 Å². The summed E-state index contributed by atoms with van der Waals surface area (Å²) in [6.07, 6.45) is 0.0745. The van der Waals surface area contributed by atoms with Crippen molar-refractivity contribution in [1.82, 2.24) is 0 Å². The van der Waals surface area contributed by atoms with Gasteiger partial charge in [0.25, 0.3) is 5.69 Å². The summed E-state index contributed by atoms with van der Waals surface area (Å²) < 4.78 is 0. The zero-order valence-corrected chi connectivity index (χ0v) is 12.7. The Morgan fingerprint density at radius 3 is 2.25 bits per heavy atom. The van der Waals surface area contributed by atoms with Gasteiger partial charge >= 0.3 is 5.97 Å². The van der Waals surface area contributed by atoms with E-state index < -0.39 is 22.7 Å². The van der Waals surface area contributed by atoms with Crippen LogP contribution in [0.1, 0.15) is 12.0 Å². The quantitative estimate of drug-likeness (QED) is 0.600. The highest BCUT2D eigenvalue weighted by atomic mass is 16.6. The zero-order valence-electron chi connectivity index (χ0n) is 12.7. The Kier molecular flexibility index (Phi) is 5.62. The molecule has 0 aliphatic carbocycles. The summed E-state index contributed by atoms with van der Waals surface area (Å²) in [5, 5.41) is 22.4. The fourth-order valence-electron chi connectivity index (χ4n) is 2.25. The molecule has 0 radical (unpaired) electrons. The van der Waals surface area contributed by atoms with Gasteiger partial charge in [0, 0.05) is 24.2 Å². The standard InChI is InChI=1S/C17H16N2O5/c20-16(18-14-6-8-15(9-7-14)19(23)24)11-13(17(21)22)10-12-4-2-1-3-5-12/h1-9,13H,10-11H2,(H,18,20)(H,21,22)/t13-/m1/s1. The average molecular weight is 328 g/mol. The van der Waals surface area contributed by atoms with Gasteiger partial charge in [-0.15, -0.1) is 0 Å². The number of nitrogens with zero attached hydrogens (tertiary/aromatic N) is 1. The first-order valence-electron chi connectivity index (χ1n) is 7.26. The van der Waals surface area contributed by atoms with Crippen molar-refractivity contribution in [2.45, 2.75) is 12.8 Å². The van der Waals surface area contributed by atoms with Gasteiger partial charge in [0.2, 0.25) is 5.91 Å². The minimum atomic E-state index is -1.04. The van der Waals surface area contributed by atoms with Gasteiger partial charge in [-0.3, -0.25) is 19.7 Å². The molecule has 2 aromatic carbocycles. The highest BCUT2D eigenvalue weighted by Crippen LogP contribution is 2.17. The van der Waals surface area contributed by atoms with Gasteiger partial charge in [0.1, 0.15) is 0 Å². The van der Waals surface area contributed by atoms with Crippen LogP contribution in [0.5, 0.6) is 0 Å². The fourth-order valence-corrected chi connectivity index (χ4v) is 2.25. The molecule has 2 rings (SSSR count). The van der Waals surface area contributed by atoms with Crippen LogP contribution in [0.25, 0.3) is 0 Å². The number of carbonyl (C=O) groups is 2. The first-order chi connectivity index (χ1) is 11.5. The lowest BCUT2D eigenvalue weighted by Gasteiger charge is -2.12. The van der Waals surface area contributed by atoms with E-state index >= 15 is 0 Å². The van der Waals surface area contributed by atoms with Crippen LogP contribution in [0.2, 0.25) is 0 Å². The molecule has 0 aliphatic rings. The topological polar surface area (TPSA) is 110 Å². The number of carboxylic acids is 1. The van der Waals surface area contributed by atoms with Crippen LogP contribution in [0.3, 0.4) is 0 Å². The van der Waals surface area contributed by atoms with Crippen LogP contribution >= 0.6 is 0 Å². The van der Waals surface area contributed by atoms with Crippen molar-refractivity contribution in [3.63, 3.8) is 0 Å². The summed E-state index contributed by atoms with van der Waals surface area (Å²) in [5.41, 5.74) is 1.14. The molecule has 0 saturated heterocycles. The van der Waals surface area contributed by atoms with Gasteiger partial charge in [-0.2, -0.15) is 0 Å². The Morgan fingerprint density at radius 2 is 1.71 bits per heavy atom. The second-order valence-electron chi connectivity index (χ2n) is 5.28. The second kappa shape index (κ2) is 7.87. The summed E-state index contributed by atoms with van der Waals surface area (Å²) in [4.78, 5) is 33.4. The summed E-state index contributed by atoms with van der Waals surface area (Å²) >= 11 is 0. The van der Waals surface area contributed by atoms with Crippen molar-refractivity contribution in [2.75, 3.05) is 5.32 Å². The number of benzene rings is 2. The highest BCUT2D eigenvalue weighted by molar-refractivity contribution is 5.93. The van der Waals surface area contributed by atoms with Crippen LogP contribution in [-0.2, 0) is 16.0 Å². The number of carbonyl (C=O) groups excluding carboxylic acids is 1. The maximum atomic E-state index is 12.0. The van der Waals surface area contributed by atoms with Gasteiger partial charge < -0.3 is 10.4 Å². The van der Waals surface area contributed by atoms with Gasteiger partial charge in [0.05, 0.1) is 10.8 Å². The summed E-state index contributed by atoms with van der Waals surface area (Å²) in [6.45, 7) is 0. The van der Waals surface area contributed by atoms with Gasteiger partial charge in [0.15, 0.2) is 0 Å². The Hall–Kier alpha value is -3.22. The van der Waals surface area contributed by atoms with Crippen LogP contribution in [0.15, 0.2) is 54.6 Å². The van der Waals surface area contributed by atoms with E-state index in [1.165, 1.54) is 24.3 Å². The van der Waals surface area contributed by atoms with Crippen LogP contribution in [0, 0.1) is 16.0 Å². The van der Waals surface area contributed by atoms with Crippen molar-refractivity contribution < 1.29 is 19.6 Å². The molecular formula is C17H16N2O5. The lowest BCUT2D eigenvalue weighted by Crippen LogP contribution is -2.24. The lowest BCUT2D eigenvalue weighted by molar-refractivity contribution is -0.384. The van der Waals surface area contributed by atoms with E-state index in [9.17, 15) is 24.8 Å². The van der Waals surface area contributed by atoms with E-state index in [2.05, 4.69) is 5.32 Å². The predicted molar refractivity (Wildman–Crippen MR) is 87.6 cm³/mol. The molecule has 0 bridgehead atoms. The Balaban J connectivity index is 1.97. The van der Waals surface area contributed by atoms with Crippen LogP contribution in [-0.4, -0.2) is 21.9 Å². The van der Waals surface area contributed by atoms with E-state index in [0.717, 1.165) is 5.56 Å². The first-order valence-corrected chi connectivity index (χ1v) is 7.26. The number of rotatable bonds is 7. The molecule has 1 atom stereocenters. The van der Waals surface area contributed by atoms with Crippen molar-refractivity contribution in [3.05, 3.63) is 70.3 Å². The number of hydrogen-bond donors (Lipinski definition) is 2. The molecule has 0 aromatic heterocycles. The Bertz CT molecular complexity index is 728. The molecule has 0 heterocycles. The average Bonchev–Trinajstić information content (AvgIpc) is 2.55. The molecule has 0 aliphatic heterocycles. The zero-order chi connectivity index (χ0) is 17.5. The first kappa shape index (κ1) is 17.1. The second-order valence-corrected chi connectivity index (χ2v) is 5.28. The largest absolute Gasteiger partial charge is 0.481 e. The number of nitro benzene ring substituents is 1. The Labute approximate surface area is 138 Å². The molecule has 124 valence electrons. The number of anilines is 1. The summed E-state index contributed by atoms with van der Waals surface area (Å²) in [5.74, 6) is -2.34. The third-order valence-electron chi connectivity index (χ3n) is 3.47. The third kappa shape index (κ3) is 4.91. The number of aliphatic carboxylic acids is 1. The highest BCUT2D eigenvalue weighted by Gasteiger charge is 2.22. The van der Waals surface area contributed by atoms with E-state index in [0.29, 0.717) is 5.69 Å².